The fourth-order valence-electron chi connectivity index (χ4n) is 4.74. The van der Waals surface area contributed by atoms with E-state index in [1.165, 1.54) is 22.3 Å². The zero-order chi connectivity index (χ0) is 25.4. The van der Waals surface area contributed by atoms with Gasteiger partial charge in [0.15, 0.2) is 0 Å². The zero-order valence-electron chi connectivity index (χ0n) is 19.0. The quantitative estimate of drug-likeness (QED) is 0.453. The Labute approximate surface area is 216 Å². The van der Waals surface area contributed by atoms with Gasteiger partial charge in [0.2, 0.25) is 5.91 Å². The highest BCUT2D eigenvalue weighted by molar-refractivity contribution is 7.91. The van der Waals surface area contributed by atoms with Crippen LogP contribution in [-0.2, 0) is 24.4 Å². The first-order valence-electron chi connectivity index (χ1n) is 11.2. The number of amides is 1. The van der Waals surface area contributed by atoms with E-state index in [-0.39, 0.29) is 23.2 Å². The number of likely N-dealkylation sites (tertiary alicyclic amines) is 1. The largest absolute Gasteiger partial charge is 0.480 e. The van der Waals surface area contributed by atoms with Gasteiger partial charge < -0.3 is 20.1 Å². The predicted octanol–water partition coefficient (Wildman–Crippen LogP) is 2.91. The molecule has 2 fully saturated rings. The van der Waals surface area contributed by atoms with Gasteiger partial charge in [-0.2, -0.15) is 4.31 Å². The van der Waals surface area contributed by atoms with E-state index < -0.39 is 40.0 Å². The van der Waals surface area contributed by atoms with Gasteiger partial charge in [0.1, 0.15) is 28.6 Å². The number of sulfonamides is 1. The van der Waals surface area contributed by atoms with Gasteiger partial charge in [0, 0.05) is 22.3 Å². The number of halogens is 1. The summed E-state index contributed by atoms with van der Waals surface area (Å²) < 4.78 is 28.4. The molecule has 4 rings (SSSR count). The Bertz CT molecular complexity index is 1220. The van der Waals surface area contributed by atoms with Crippen molar-refractivity contribution in [3.63, 3.8) is 0 Å². The number of nitrogens with zero attached hydrogens (tertiary/aromatic N) is 2. The lowest BCUT2D eigenvalue weighted by molar-refractivity contribution is -0.143. The summed E-state index contributed by atoms with van der Waals surface area (Å²) in [6, 6.07) is 5.08. The molecule has 1 unspecified atom stereocenters. The number of carboxylic acid groups (broad SMARTS) is 1. The minimum Gasteiger partial charge on any atom is -0.480 e. The fraction of sp³-hybridized carbons (Fsp3) is 0.500. The van der Waals surface area contributed by atoms with Crippen LogP contribution in [0.15, 0.2) is 28.5 Å². The van der Waals surface area contributed by atoms with Gasteiger partial charge >= 0.3 is 5.97 Å². The Morgan fingerprint density at radius 1 is 1.26 bits per heavy atom. The van der Waals surface area contributed by atoms with Crippen molar-refractivity contribution in [3.05, 3.63) is 28.6 Å². The second-order valence-electron chi connectivity index (χ2n) is 8.81. The Kier molecular flexibility index (Phi) is 7.70. The van der Waals surface area contributed by atoms with Gasteiger partial charge in [-0.15, -0.1) is 22.7 Å². The van der Waals surface area contributed by atoms with Crippen LogP contribution in [0.3, 0.4) is 0 Å². The molecule has 0 spiro atoms. The average Bonchev–Trinajstić information content (AvgIpc) is 3.57. The summed E-state index contributed by atoms with van der Waals surface area (Å²) >= 11 is 8.29. The molecule has 2 aliphatic heterocycles. The van der Waals surface area contributed by atoms with Crippen molar-refractivity contribution in [1.29, 1.82) is 0 Å². The summed E-state index contributed by atoms with van der Waals surface area (Å²) in [5.41, 5.74) is -1.15. The second-order valence-corrected chi connectivity index (χ2v) is 13.7. The number of rotatable bonds is 9. The molecule has 0 radical (unpaired) electrons. The Morgan fingerprint density at radius 2 is 1.97 bits per heavy atom. The average molecular weight is 560 g/mol. The number of aldehydes is 1. The van der Waals surface area contributed by atoms with E-state index >= 15 is 0 Å². The maximum Gasteiger partial charge on any atom is 0.318 e. The van der Waals surface area contributed by atoms with Crippen molar-refractivity contribution >= 4 is 62.5 Å². The van der Waals surface area contributed by atoms with E-state index in [4.69, 9.17) is 11.6 Å². The van der Waals surface area contributed by atoms with Crippen molar-refractivity contribution in [3.8, 4) is 9.75 Å². The Morgan fingerprint density at radius 3 is 2.57 bits per heavy atom. The van der Waals surface area contributed by atoms with Crippen molar-refractivity contribution in [2.45, 2.75) is 54.4 Å². The van der Waals surface area contributed by atoms with E-state index in [2.05, 4.69) is 5.32 Å². The van der Waals surface area contributed by atoms with Crippen LogP contribution >= 0.6 is 34.3 Å². The van der Waals surface area contributed by atoms with Crippen molar-refractivity contribution in [2.24, 2.45) is 0 Å². The minimum absolute atomic E-state index is 0.0587. The van der Waals surface area contributed by atoms with Crippen LogP contribution < -0.4 is 5.32 Å². The summed E-state index contributed by atoms with van der Waals surface area (Å²) in [7, 11) is -4.30. The molecule has 9 nitrogen and oxygen atoms in total. The molecule has 13 heteroatoms. The highest BCUT2D eigenvalue weighted by Gasteiger charge is 2.51. The van der Waals surface area contributed by atoms with Gasteiger partial charge in [0.25, 0.3) is 10.0 Å². The first-order valence-corrected chi connectivity index (χ1v) is 14.6. The molecule has 0 aromatic carbocycles. The number of carboxylic acids is 1. The number of hydrogen-bond acceptors (Lipinski definition) is 8. The predicted molar refractivity (Wildman–Crippen MR) is 134 cm³/mol. The van der Waals surface area contributed by atoms with Crippen LogP contribution in [0.4, 0.5) is 0 Å². The first kappa shape index (κ1) is 26.2. The van der Waals surface area contributed by atoms with Gasteiger partial charge in [-0.05, 0) is 57.0 Å². The number of aliphatic carboxylic acids is 1. The highest BCUT2D eigenvalue weighted by Crippen LogP contribution is 2.39. The third-order valence-corrected chi connectivity index (χ3v) is 11.4. The number of hydrogen-bond donors (Lipinski definition) is 2. The zero-order valence-corrected chi connectivity index (χ0v) is 22.2. The lowest BCUT2D eigenvalue weighted by Crippen LogP contribution is -2.63. The smallest absolute Gasteiger partial charge is 0.318 e. The molecular weight excluding hydrogens is 534 g/mol. The molecule has 0 bridgehead atoms. The summed E-state index contributed by atoms with van der Waals surface area (Å²) in [6.45, 7) is 1.71. The van der Waals surface area contributed by atoms with Crippen molar-refractivity contribution in [2.75, 3.05) is 19.6 Å². The first-order chi connectivity index (χ1) is 16.6. The van der Waals surface area contributed by atoms with Crippen molar-refractivity contribution in [1.82, 2.24) is 14.5 Å². The molecule has 3 atom stereocenters. The van der Waals surface area contributed by atoms with E-state index in [1.807, 2.05) is 0 Å². The van der Waals surface area contributed by atoms with Crippen LogP contribution in [0.25, 0.3) is 9.75 Å². The SMILES string of the molecule is C[C@@](C=O)(C1CCCCN1)N1CC[C@H](N(CC(=O)O)S(=O)(=O)c2ccc(-c3ccc(Cl)s3)s2)C1=O. The van der Waals surface area contributed by atoms with E-state index in [1.54, 1.807) is 25.1 Å². The molecule has 2 N–H and O–H groups in total. The third kappa shape index (κ3) is 5.05. The molecule has 4 heterocycles. The normalized spacial score (nSPS) is 22.9. The minimum atomic E-state index is -4.30. The van der Waals surface area contributed by atoms with E-state index in [0.29, 0.717) is 15.6 Å². The molecule has 2 saturated heterocycles. The fourth-order valence-corrected chi connectivity index (χ4v) is 8.88. The van der Waals surface area contributed by atoms with Crippen LogP contribution in [0.2, 0.25) is 4.34 Å². The highest BCUT2D eigenvalue weighted by atomic mass is 35.5. The number of carbonyl (C=O) groups is 3. The van der Waals surface area contributed by atoms with E-state index in [9.17, 15) is 27.9 Å². The van der Waals surface area contributed by atoms with Gasteiger partial charge in [-0.1, -0.05) is 18.0 Å². The summed E-state index contributed by atoms with van der Waals surface area (Å²) in [4.78, 5) is 40.2. The molecule has 35 heavy (non-hydrogen) atoms. The maximum atomic E-state index is 13.6. The summed E-state index contributed by atoms with van der Waals surface area (Å²) in [5.74, 6) is -1.92. The molecule has 2 aliphatic rings. The number of piperidine rings is 1. The van der Waals surface area contributed by atoms with Gasteiger partial charge in [-0.3, -0.25) is 9.59 Å². The summed E-state index contributed by atoms with van der Waals surface area (Å²) in [5, 5.41) is 12.8. The third-order valence-electron chi connectivity index (χ3n) is 6.61. The monoisotopic (exact) mass is 559 g/mol. The molecule has 0 saturated carbocycles. The maximum absolute atomic E-state index is 13.6. The molecule has 2 aromatic heterocycles. The van der Waals surface area contributed by atoms with Crippen LogP contribution in [-0.4, -0.2) is 78.1 Å². The summed E-state index contributed by atoms with van der Waals surface area (Å²) in [6.07, 6.45) is 3.45. The Hall–Kier alpha value is -1.83. The van der Waals surface area contributed by atoms with Gasteiger partial charge in [0.05, 0.1) is 4.34 Å². The van der Waals surface area contributed by atoms with Crippen molar-refractivity contribution < 1.29 is 27.9 Å². The standard InChI is InChI=1S/C22H26ClN3O6S3/c1-22(13-27,17-4-2-3-10-24-17)25-11-9-14(21(25)30)26(12-19(28)29)35(31,32)20-8-6-16(34-20)15-5-7-18(23)33-15/h5-8,13-14,17,24H,2-4,9-12H2,1H3,(H,28,29)/t14-,17?,22+/m0/s1. The number of carbonyl (C=O) groups excluding carboxylic acids is 2. The number of nitrogens with one attached hydrogen (secondary N) is 1. The van der Waals surface area contributed by atoms with E-state index in [0.717, 1.165) is 46.2 Å². The number of thiophene rings is 2. The molecular formula is C22H26ClN3O6S3. The topological polar surface area (TPSA) is 124 Å². The molecule has 0 aliphatic carbocycles. The second kappa shape index (κ2) is 10.3. The molecule has 190 valence electrons. The lowest BCUT2D eigenvalue weighted by atomic mass is 9.86. The van der Waals surface area contributed by atoms with Crippen LogP contribution in [0, 0.1) is 0 Å². The van der Waals surface area contributed by atoms with Crippen LogP contribution in [0.5, 0.6) is 0 Å². The Balaban J connectivity index is 1.63. The van der Waals surface area contributed by atoms with Gasteiger partial charge in [-0.25, -0.2) is 8.42 Å². The van der Waals surface area contributed by atoms with Crippen LogP contribution in [0.1, 0.15) is 32.6 Å². The molecule has 2 aromatic rings. The lowest BCUT2D eigenvalue weighted by Gasteiger charge is -2.43. The molecule has 1 amide bonds.